The molecule has 0 radical (unpaired) electrons. The van der Waals surface area contributed by atoms with Gasteiger partial charge < -0.3 is 10.6 Å². The van der Waals surface area contributed by atoms with Gasteiger partial charge in [-0.15, -0.1) is 0 Å². The minimum Gasteiger partial charge on any atom is -0.322 e. The maximum atomic E-state index is 12.3. The van der Waals surface area contributed by atoms with Crippen molar-refractivity contribution in [1.29, 1.82) is 0 Å². The standard InChI is InChI=1S/C25H30N4O3S/c1-17-6-5-9-20(16-17)23(31)26-21-13-11-19(12-14-21)24(32)28-29-25(33)27-22(30)15-10-18-7-3-2-4-8-18/h5-6,9,11-14,16,18H,2-4,7-8,10,15H2,1H3,(H,26,31)(H,28,32)(H2,27,29,30,33). The molecule has 3 amide bonds. The van der Waals surface area contributed by atoms with Crippen LogP contribution in [0.4, 0.5) is 5.69 Å². The van der Waals surface area contributed by atoms with Gasteiger partial charge in [0, 0.05) is 23.2 Å². The summed E-state index contributed by atoms with van der Waals surface area (Å²) >= 11 is 5.09. The van der Waals surface area contributed by atoms with E-state index in [9.17, 15) is 14.4 Å². The molecule has 174 valence electrons. The van der Waals surface area contributed by atoms with Crippen molar-refractivity contribution in [2.75, 3.05) is 5.32 Å². The molecule has 1 saturated carbocycles. The minimum atomic E-state index is -0.412. The van der Waals surface area contributed by atoms with Crippen LogP contribution in [0.1, 0.15) is 71.2 Å². The van der Waals surface area contributed by atoms with Gasteiger partial charge in [-0.05, 0) is 67.9 Å². The fraction of sp³-hybridized carbons (Fsp3) is 0.360. The molecule has 1 aliphatic rings. The number of thiocarbonyl (C=S) groups is 1. The number of carbonyl (C=O) groups excluding carboxylic acids is 3. The monoisotopic (exact) mass is 466 g/mol. The lowest BCUT2D eigenvalue weighted by atomic mass is 9.86. The molecule has 0 spiro atoms. The number of anilines is 1. The van der Waals surface area contributed by atoms with Gasteiger partial charge in [0.15, 0.2) is 5.11 Å². The molecule has 0 aliphatic heterocycles. The number of hydrogen-bond donors (Lipinski definition) is 4. The SMILES string of the molecule is Cc1cccc(C(=O)Nc2ccc(C(=O)NNC(=S)NC(=O)CCC3CCCCC3)cc2)c1. The summed E-state index contributed by atoms with van der Waals surface area (Å²) in [6.07, 6.45) is 7.47. The summed E-state index contributed by atoms with van der Waals surface area (Å²) in [7, 11) is 0. The van der Waals surface area contributed by atoms with Crippen LogP contribution in [0.3, 0.4) is 0 Å². The van der Waals surface area contributed by atoms with Crippen LogP contribution in [0.2, 0.25) is 0 Å². The third-order valence-electron chi connectivity index (χ3n) is 5.73. The van der Waals surface area contributed by atoms with Crippen molar-refractivity contribution in [2.45, 2.75) is 51.9 Å². The molecular formula is C25H30N4O3S. The highest BCUT2D eigenvalue weighted by atomic mass is 32.1. The first-order valence-corrected chi connectivity index (χ1v) is 11.7. The predicted octanol–water partition coefficient (Wildman–Crippen LogP) is 4.24. The fourth-order valence-corrected chi connectivity index (χ4v) is 4.08. The first-order chi connectivity index (χ1) is 15.9. The van der Waals surface area contributed by atoms with Crippen molar-refractivity contribution < 1.29 is 14.4 Å². The van der Waals surface area contributed by atoms with Gasteiger partial charge in [0.25, 0.3) is 11.8 Å². The Hall–Kier alpha value is -3.26. The molecular weight excluding hydrogens is 436 g/mol. The zero-order valence-corrected chi connectivity index (χ0v) is 19.6. The van der Waals surface area contributed by atoms with E-state index in [2.05, 4.69) is 21.5 Å². The Bertz CT molecular complexity index is 1000. The van der Waals surface area contributed by atoms with Gasteiger partial charge in [0.2, 0.25) is 5.91 Å². The van der Waals surface area contributed by atoms with Gasteiger partial charge in [-0.3, -0.25) is 25.2 Å². The molecule has 0 saturated heterocycles. The molecule has 7 nitrogen and oxygen atoms in total. The molecule has 8 heteroatoms. The van der Waals surface area contributed by atoms with Crippen molar-refractivity contribution in [3.05, 3.63) is 65.2 Å². The van der Waals surface area contributed by atoms with Gasteiger partial charge in [0.1, 0.15) is 0 Å². The number of carbonyl (C=O) groups is 3. The van der Waals surface area contributed by atoms with Crippen LogP contribution >= 0.6 is 12.2 Å². The molecule has 1 fully saturated rings. The summed E-state index contributed by atoms with van der Waals surface area (Å²) in [5.41, 5.74) is 7.54. The van der Waals surface area contributed by atoms with Gasteiger partial charge in [-0.2, -0.15) is 0 Å². The van der Waals surface area contributed by atoms with Gasteiger partial charge >= 0.3 is 0 Å². The van der Waals surface area contributed by atoms with Crippen molar-refractivity contribution in [2.24, 2.45) is 5.92 Å². The molecule has 2 aromatic carbocycles. The Kier molecular flexibility index (Phi) is 8.95. The lowest BCUT2D eigenvalue weighted by Gasteiger charge is -2.21. The third-order valence-corrected chi connectivity index (χ3v) is 5.94. The van der Waals surface area contributed by atoms with E-state index in [1.807, 2.05) is 19.1 Å². The highest BCUT2D eigenvalue weighted by Gasteiger charge is 2.15. The van der Waals surface area contributed by atoms with Crippen LogP contribution in [0.15, 0.2) is 48.5 Å². The molecule has 3 rings (SSSR count). The molecule has 2 aromatic rings. The van der Waals surface area contributed by atoms with E-state index in [-0.39, 0.29) is 16.9 Å². The summed E-state index contributed by atoms with van der Waals surface area (Å²) in [6, 6.07) is 13.8. The van der Waals surface area contributed by atoms with Crippen molar-refractivity contribution in [1.82, 2.24) is 16.2 Å². The second-order valence-corrected chi connectivity index (χ2v) is 8.81. The quantitative estimate of drug-likeness (QED) is 0.377. The number of rotatable bonds is 6. The van der Waals surface area contributed by atoms with E-state index in [4.69, 9.17) is 12.2 Å². The van der Waals surface area contributed by atoms with E-state index < -0.39 is 5.91 Å². The summed E-state index contributed by atoms with van der Waals surface area (Å²) in [4.78, 5) is 36.7. The fourth-order valence-electron chi connectivity index (χ4n) is 3.91. The average molecular weight is 467 g/mol. The highest BCUT2D eigenvalue weighted by molar-refractivity contribution is 7.80. The second kappa shape index (κ2) is 12.1. The number of aryl methyl sites for hydroxylation is 1. The molecule has 0 aromatic heterocycles. The second-order valence-electron chi connectivity index (χ2n) is 8.40. The predicted molar refractivity (Wildman–Crippen MR) is 133 cm³/mol. The first kappa shape index (κ1) is 24.4. The Labute approximate surface area is 199 Å². The van der Waals surface area contributed by atoms with Crippen LogP contribution < -0.4 is 21.5 Å². The Balaban J connectivity index is 1.40. The van der Waals surface area contributed by atoms with E-state index >= 15 is 0 Å². The lowest BCUT2D eigenvalue weighted by molar-refractivity contribution is -0.120. The maximum Gasteiger partial charge on any atom is 0.269 e. The molecule has 0 unspecified atom stereocenters. The van der Waals surface area contributed by atoms with Crippen LogP contribution in [-0.2, 0) is 4.79 Å². The topological polar surface area (TPSA) is 99.3 Å². The summed E-state index contributed by atoms with van der Waals surface area (Å²) in [6.45, 7) is 1.92. The number of hydrogen-bond acceptors (Lipinski definition) is 4. The number of nitrogens with one attached hydrogen (secondary N) is 4. The number of benzene rings is 2. The summed E-state index contributed by atoms with van der Waals surface area (Å²) in [5.74, 6) is -0.163. The van der Waals surface area contributed by atoms with Gasteiger partial charge in [-0.1, -0.05) is 49.8 Å². The maximum absolute atomic E-state index is 12.3. The summed E-state index contributed by atoms with van der Waals surface area (Å²) in [5, 5.41) is 5.45. The Morgan fingerprint density at radius 1 is 0.909 bits per heavy atom. The van der Waals surface area contributed by atoms with Crippen LogP contribution in [0.25, 0.3) is 0 Å². The molecule has 0 bridgehead atoms. The zero-order valence-electron chi connectivity index (χ0n) is 18.8. The zero-order chi connectivity index (χ0) is 23.6. The molecule has 4 N–H and O–H groups in total. The smallest absolute Gasteiger partial charge is 0.269 e. The van der Waals surface area contributed by atoms with Crippen LogP contribution in [0.5, 0.6) is 0 Å². The van der Waals surface area contributed by atoms with Crippen molar-refractivity contribution >= 4 is 40.7 Å². The Morgan fingerprint density at radius 2 is 1.64 bits per heavy atom. The largest absolute Gasteiger partial charge is 0.322 e. The van der Waals surface area contributed by atoms with Crippen LogP contribution in [-0.4, -0.2) is 22.8 Å². The van der Waals surface area contributed by atoms with Crippen LogP contribution in [0, 0.1) is 12.8 Å². The van der Waals surface area contributed by atoms with E-state index in [0.29, 0.717) is 29.2 Å². The highest BCUT2D eigenvalue weighted by Crippen LogP contribution is 2.27. The van der Waals surface area contributed by atoms with Gasteiger partial charge in [-0.25, -0.2) is 0 Å². The normalized spacial score (nSPS) is 13.6. The summed E-state index contributed by atoms with van der Waals surface area (Å²) < 4.78 is 0. The van der Waals surface area contributed by atoms with E-state index in [0.717, 1.165) is 12.0 Å². The van der Waals surface area contributed by atoms with Gasteiger partial charge in [0.05, 0.1) is 0 Å². The van der Waals surface area contributed by atoms with E-state index in [1.165, 1.54) is 32.1 Å². The van der Waals surface area contributed by atoms with E-state index in [1.54, 1.807) is 36.4 Å². The molecule has 1 aliphatic carbocycles. The van der Waals surface area contributed by atoms with Crippen molar-refractivity contribution in [3.8, 4) is 0 Å². The van der Waals surface area contributed by atoms with Crippen molar-refractivity contribution in [3.63, 3.8) is 0 Å². The average Bonchev–Trinajstić information content (AvgIpc) is 2.82. The number of hydrazine groups is 1. The minimum absolute atomic E-state index is 0.0547. The molecule has 33 heavy (non-hydrogen) atoms. The molecule has 0 atom stereocenters. The third kappa shape index (κ3) is 7.98. The number of amides is 3. The first-order valence-electron chi connectivity index (χ1n) is 11.3. The Morgan fingerprint density at radius 3 is 2.33 bits per heavy atom. The molecule has 0 heterocycles. The lowest BCUT2D eigenvalue weighted by Crippen LogP contribution is -2.48.